The van der Waals surface area contributed by atoms with E-state index < -0.39 is 0 Å². The maximum absolute atomic E-state index is 2.38. The summed E-state index contributed by atoms with van der Waals surface area (Å²) < 4.78 is 0. The van der Waals surface area contributed by atoms with Crippen molar-refractivity contribution in [1.82, 2.24) is 0 Å². The van der Waals surface area contributed by atoms with Crippen molar-refractivity contribution in [2.75, 3.05) is 0 Å². The highest BCUT2D eigenvalue weighted by atomic mass is 14.1. The lowest BCUT2D eigenvalue weighted by Crippen LogP contribution is -1.99. The molecule has 0 aliphatic heterocycles. The summed E-state index contributed by atoms with van der Waals surface area (Å²) in [5.41, 5.74) is 1.53. The monoisotopic (exact) mass is 109 g/mol. The van der Waals surface area contributed by atoms with Crippen LogP contribution in [0, 0.1) is 12.3 Å². The summed E-state index contributed by atoms with van der Waals surface area (Å²) in [6, 6.07) is 0. The summed E-state index contributed by atoms with van der Waals surface area (Å²) in [5, 5.41) is 0. The standard InChI is InChI=1S/C8H13/c1-7-3-5-8(2)6-4-7/h3,6-7H,4-5H2,1-2H3. The van der Waals surface area contributed by atoms with Crippen molar-refractivity contribution in [3.63, 3.8) is 0 Å². The first-order valence-corrected chi connectivity index (χ1v) is 3.28. The van der Waals surface area contributed by atoms with Gasteiger partial charge in [-0.05, 0) is 32.1 Å². The predicted octanol–water partition coefficient (Wildman–Crippen LogP) is 2.57. The van der Waals surface area contributed by atoms with E-state index in [-0.39, 0.29) is 0 Å². The molecule has 0 aromatic heterocycles. The maximum Gasteiger partial charge on any atom is -0.0289 e. The number of rotatable bonds is 0. The number of allylic oxidation sites excluding steroid dienone is 2. The van der Waals surface area contributed by atoms with Crippen LogP contribution in [-0.4, -0.2) is 0 Å². The number of hydrogen-bond donors (Lipinski definition) is 0. The SMILES string of the molecule is CC1=CCC(C)[CH]C1. The van der Waals surface area contributed by atoms with Gasteiger partial charge in [-0.25, -0.2) is 0 Å². The van der Waals surface area contributed by atoms with E-state index in [1.54, 1.807) is 0 Å². The van der Waals surface area contributed by atoms with Crippen LogP contribution in [0.15, 0.2) is 11.6 Å². The minimum Gasteiger partial charge on any atom is -0.0853 e. The summed E-state index contributed by atoms with van der Waals surface area (Å²) in [6.07, 6.45) is 7.19. The Labute approximate surface area is 51.6 Å². The first-order chi connectivity index (χ1) is 3.79. The molecule has 1 aliphatic carbocycles. The third-order valence-corrected chi connectivity index (χ3v) is 1.68. The van der Waals surface area contributed by atoms with Gasteiger partial charge >= 0.3 is 0 Å². The van der Waals surface area contributed by atoms with Crippen molar-refractivity contribution in [3.8, 4) is 0 Å². The van der Waals surface area contributed by atoms with Gasteiger partial charge in [0.25, 0.3) is 0 Å². The molecule has 0 spiro atoms. The van der Waals surface area contributed by atoms with Crippen LogP contribution in [0.25, 0.3) is 0 Å². The molecular formula is C8H13. The maximum atomic E-state index is 2.38. The summed E-state index contributed by atoms with van der Waals surface area (Å²) in [5.74, 6) is 0.818. The van der Waals surface area contributed by atoms with E-state index >= 15 is 0 Å². The van der Waals surface area contributed by atoms with Crippen LogP contribution in [-0.2, 0) is 0 Å². The van der Waals surface area contributed by atoms with Gasteiger partial charge in [-0.2, -0.15) is 0 Å². The smallest absolute Gasteiger partial charge is 0.0289 e. The van der Waals surface area contributed by atoms with E-state index in [0.29, 0.717) is 0 Å². The molecule has 0 bridgehead atoms. The molecule has 0 N–H and O–H groups in total. The van der Waals surface area contributed by atoms with Crippen molar-refractivity contribution < 1.29 is 0 Å². The molecule has 1 radical (unpaired) electrons. The molecule has 0 aromatic carbocycles. The van der Waals surface area contributed by atoms with Crippen molar-refractivity contribution in [2.24, 2.45) is 5.92 Å². The molecule has 0 saturated carbocycles. The minimum atomic E-state index is 0.818. The molecule has 1 aliphatic rings. The highest BCUT2D eigenvalue weighted by Crippen LogP contribution is 2.20. The summed E-state index contributed by atoms with van der Waals surface area (Å²) in [6.45, 7) is 4.46. The third-order valence-electron chi connectivity index (χ3n) is 1.68. The lowest BCUT2D eigenvalue weighted by Gasteiger charge is -2.14. The molecule has 0 fully saturated rings. The molecule has 45 valence electrons. The predicted molar refractivity (Wildman–Crippen MR) is 36.5 cm³/mol. The lowest BCUT2D eigenvalue weighted by molar-refractivity contribution is 0.637. The van der Waals surface area contributed by atoms with Crippen molar-refractivity contribution in [3.05, 3.63) is 18.1 Å². The zero-order chi connectivity index (χ0) is 5.98. The van der Waals surface area contributed by atoms with Crippen LogP contribution in [0.2, 0.25) is 0 Å². The normalized spacial score (nSPS) is 29.8. The van der Waals surface area contributed by atoms with Crippen molar-refractivity contribution >= 4 is 0 Å². The molecule has 8 heavy (non-hydrogen) atoms. The largest absolute Gasteiger partial charge is 0.0853 e. The molecule has 0 nitrogen and oxygen atoms in total. The van der Waals surface area contributed by atoms with Gasteiger partial charge in [-0.3, -0.25) is 0 Å². The van der Waals surface area contributed by atoms with E-state index in [1.165, 1.54) is 18.4 Å². The highest BCUT2D eigenvalue weighted by molar-refractivity contribution is 5.08. The van der Waals surface area contributed by atoms with Gasteiger partial charge in [0.1, 0.15) is 0 Å². The zero-order valence-electron chi connectivity index (χ0n) is 5.65. The van der Waals surface area contributed by atoms with Gasteiger partial charge in [0, 0.05) is 0 Å². The topological polar surface area (TPSA) is 0 Å². The average molecular weight is 109 g/mol. The molecule has 0 heteroatoms. The van der Waals surface area contributed by atoms with E-state index in [4.69, 9.17) is 0 Å². The fraction of sp³-hybridized carbons (Fsp3) is 0.625. The minimum absolute atomic E-state index is 0.818. The third kappa shape index (κ3) is 1.36. The Morgan fingerprint density at radius 3 is 2.75 bits per heavy atom. The molecule has 0 amide bonds. The quantitative estimate of drug-likeness (QED) is 0.419. The zero-order valence-corrected chi connectivity index (χ0v) is 5.65. The molecule has 0 saturated heterocycles. The molecular weight excluding hydrogens is 96.1 g/mol. The van der Waals surface area contributed by atoms with Crippen LogP contribution >= 0.6 is 0 Å². The summed E-state index contributed by atoms with van der Waals surface area (Å²) in [4.78, 5) is 0. The second-order valence-electron chi connectivity index (χ2n) is 2.70. The first kappa shape index (κ1) is 5.87. The summed E-state index contributed by atoms with van der Waals surface area (Å²) >= 11 is 0. The van der Waals surface area contributed by atoms with E-state index in [2.05, 4.69) is 26.3 Å². The highest BCUT2D eigenvalue weighted by Gasteiger charge is 2.05. The molecule has 1 atom stereocenters. The summed E-state index contributed by atoms with van der Waals surface area (Å²) in [7, 11) is 0. The van der Waals surface area contributed by atoms with Crippen LogP contribution in [0.1, 0.15) is 26.7 Å². The van der Waals surface area contributed by atoms with E-state index in [1.807, 2.05) is 0 Å². The Morgan fingerprint density at radius 1 is 1.62 bits per heavy atom. The van der Waals surface area contributed by atoms with Gasteiger partial charge in [-0.15, -0.1) is 0 Å². The second-order valence-corrected chi connectivity index (χ2v) is 2.70. The Bertz CT molecular complexity index is 101. The van der Waals surface area contributed by atoms with Gasteiger partial charge < -0.3 is 0 Å². The molecule has 0 heterocycles. The van der Waals surface area contributed by atoms with Gasteiger partial charge in [-0.1, -0.05) is 18.6 Å². The van der Waals surface area contributed by atoms with Crippen LogP contribution in [0.3, 0.4) is 0 Å². The Hall–Kier alpha value is -0.260. The fourth-order valence-corrected chi connectivity index (χ4v) is 0.954. The van der Waals surface area contributed by atoms with E-state index in [0.717, 1.165) is 5.92 Å². The molecule has 0 aromatic rings. The van der Waals surface area contributed by atoms with Crippen LogP contribution < -0.4 is 0 Å². The van der Waals surface area contributed by atoms with Gasteiger partial charge in [0.15, 0.2) is 0 Å². The molecule has 1 unspecified atom stereocenters. The van der Waals surface area contributed by atoms with Crippen LogP contribution in [0.4, 0.5) is 0 Å². The van der Waals surface area contributed by atoms with Crippen LogP contribution in [0.5, 0.6) is 0 Å². The molecule has 1 rings (SSSR count). The van der Waals surface area contributed by atoms with Gasteiger partial charge in [0.05, 0.1) is 0 Å². The van der Waals surface area contributed by atoms with Gasteiger partial charge in [0.2, 0.25) is 0 Å². The van der Waals surface area contributed by atoms with Crippen molar-refractivity contribution in [1.29, 1.82) is 0 Å². The Morgan fingerprint density at radius 2 is 2.38 bits per heavy atom. The number of hydrogen-bond acceptors (Lipinski definition) is 0. The average Bonchev–Trinajstić information content (AvgIpc) is 1.77. The second kappa shape index (κ2) is 2.34. The fourth-order valence-electron chi connectivity index (χ4n) is 0.954. The Balaban J connectivity index is 2.42. The Kier molecular flexibility index (Phi) is 1.72. The van der Waals surface area contributed by atoms with E-state index in [9.17, 15) is 0 Å². The first-order valence-electron chi connectivity index (χ1n) is 3.28. The lowest BCUT2D eigenvalue weighted by atomic mass is 9.92. The van der Waals surface area contributed by atoms with Crippen molar-refractivity contribution in [2.45, 2.75) is 26.7 Å².